The first-order valence-electron chi connectivity index (χ1n) is 5.85. The number of aliphatic hydroxyl groups is 1. The topological polar surface area (TPSA) is 273 Å². The van der Waals surface area contributed by atoms with Crippen LogP contribution in [0.25, 0.3) is 0 Å². The summed E-state index contributed by atoms with van der Waals surface area (Å²) in [6, 6.07) is -1.17. The fourth-order valence-corrected chi connectivity index (χ4v) is 1.09. The second-order valence-corrected chi connectivity index (χ2v) is 4.30. The molecule has 0 spiro atoms. The van der Waals surface area contributed by atoms with Gasteiger partial charge in [-0.25, -0.2) is 0 Å². The Kier molecular flexibility index (Phi) is 25.0. The maximum Gasteiger partial charge on any atom is 2.00 e. The van der Waals surface area contributed by atoms with E-state index in [1.807, 2.05) is 0 Å². The van der Waals surface area contributed by atoms with E-state index in [0.29, 0.717) is 0 Å². The molecule has 0 heterocycles. The number of nitrogens with two attached hydrogens (primary N) is 1. The quantitative estimate of drug-likeness (QED) is 0.254. The molecule has 0 aliphatic heterocycles. The first kappa shape index (κ1) is 36.4. The van der Waals surface area contributed by atoms with E-state index in [1.54, 1.807) is 0 Å². The maximum absolute atomic E-state index is 10.2. The van der Waals surface area contributed by atoms with Crippen molar-refractivity contribution in [2.45, 2.75) is 37.3 Å². The first-order valence-corrected chi connectivity index (χ1v) is 5.85. The van der Waals surface area contributed by atoms with Gasteiger partial charge < -0.3 is 56.2 Å². The van der Waals surface area contributed by atoms with Crippen LogP contribution in [-0.2, 0) is 24.0 Å². The summed E-state index contributed by atoms with van der Waals surface area (Å²) in [7, 11) is 0. The third-order valence-corrected chi connectivity index (χ3v) is 2.23. The van der Waals surface area contributed by atoms with Crippen LogP contribution in [-0.4, -0.2) is 100 Å². The van der Waals surface area contributed by atoms with Crippen LogP contribution in [0.15, 0.2) is 0 Å². The molecule has 0 saturated carbocycles. The second kappa shape index (κ2) is 17.9. The van der Waals surface area contributed by atoms with Crippen LogP contribution < -0.4 is 50.6 Å². The number of hydrogen-bond donors (Lipinski definition) is 4. The van der Waals surface area contributed by atoms with Gasteiger partial charge in [0.1, 0.15) is 5.60 Å². The van der Waals surface area contributed by atoms with Crippen molar-refractivity contribution in [2.24, 2.45) is 5.73 Å². The molecule has 0 aromatic heterocycles. The molecule has 13 nitrogen and oxygen atoms in total. The minimum absolute atomic E-state index is 0. The summed E-state index contributed by atoms with van der Waals surface area (Å²) in [5.41, 5.74) is 2.03. The van der Waals surface area contributed by atoms with Crippen molar-refractivity contribution < 1.29 is 89.6 Å². The van der Waals surface area contributed by atoms with Crippen LogP contribution in [0.1, 0.15) is 25.7 Å². The van der Waals surface area contributed by atoms with Gasteiger partial charge in [-0.2, -0.15) is 0 Å². The predicted octanol–water partition coefficient (Wildman–Crippen LogP) is -10.2. The van der Waals surface area contributed by atoms with E-state index in [4.69, 9.17) is 21.1 Å². The fraction of sp³-hybridized carbons (Fsp3) is 0.545. The number of carbonyl (C=O) groups is 5. The zero-order valence-corrected chi connectivity index (χ0v) is 18.0. The summed E-state index contributed by atoms with van der Waals surface area (Å²) in [4.78, 5) is 49.9. The van der Waals surface area contributed by atoms with E-state index >= 15 is 0 Å². The molecular formula is C11H16CaNNaO12. The molecule has 15 heteroatoms. The Morgan fingerprint density at radius 1 is 0.962 bits per heavy atom. The van der Waals surface area contributed by atoms with Crippen molar-refractivity contribution in [3.05, 3.63) is 0 Å². The van der Waals surface area contributed by atoms with Gasteiger partial charge >= 0.3 is 79.2 Å². The van der Waals surface area contributed by atoms with Crippen molar-refractivity contribution in [2.75, 3.05) is 0 Å². The Morgan fingerprint density at radius 2 is 1.38 bits per heavy atom. The minimum atomic E-state index is -2.91. The van der Waals surface area contributed by atoms with Gasteiger partial charge in [0, 0.05) is 24.9 Å². The Balaban J connectivity index is -0.000000104. The number of rotatable bonds is 9. The number of hydrogen-bond acceptors (Lipinski definition) is 10. The SMILES string of the molecule is N[C@@H](CCC(=O)O)C(=O)[O-].O.O=C([O-])CC(O)(CC(=O)O)C(=O)[O-].[Ca+2].[Na+]. The maximum atomic E-state index is 10.2. The van der Waals surface area contributed by atoms with Crippen molar-refractivity contribution in [3.63, 3.8) is 0 Å². The average molecular weight is 417 g/mol. The van der Waals surface area contributed by atoms with Crippen LogP contribution in [0, 0.1) is 0 Å². The van der Waals surface area contributed by atoms with Gasteiger partial charge in [0.05, 0.1) is 18.4 Å². The molecule has 0 saturated heterocycles. The monoisotopic (exact) mass is 417 g/mol. The van der Waals surface area contributed by atoms with Gasteiger partial charge in [-0.05, 0) is 6.42 Å². The molecule has 1 unspecified atom stereocenters. The Morgan fingerprint density at radius 3 is 1.62 bits per heavy atom. The van der Waals surface area contributed by atoms with Gasteiger partial charge in [0.25, 0.3) is 0 Å². The van der Waals surface area contributed by atoms with E-state index < -0.39 is 54.3 Å². The van der Waals surface area contributed by atoms with E-state index in [0.717, 1.165) is 0 Å². The van der Waals surface area contributed by atoms with E-state index in [-0.39, 0.29) is 85.6 Å². The molecule has 0 aliphatic rings. The molecule has 140 valence electrons. The van der Waals surface area contributed by atoms with Crippen molar-refractivity contribution in [1.29, 1.82) is 0 Å². The van der Waals surface area contributed by atoms with Crippen LogP contribution in [0.3, 0.4) is 0 Å². The average Bonchev–Trinajstić information content (AvgIpc) is 2.34. The summed E-state index contributed by atoms with van der Waals surface area (Å²) in [6.07, 6.45) is -2.89. The van der Waals surface area contributed by atoms with Gasteiger partial charge in [0.15, 0.2) is 0 Å². The summed E-state index contributed by atoms with van der Waals surface area (Å²) < 4.78 is 0. The Labute approximate surface area is 198 Å². The molecule has 7 N–H and O–H groups in total. The van der Waals surface area contributed by atoms with E-state index in [9.17, 15) is 39.3 Å². The Hall–Kier alpha value is -0.510. The Bertz CT molecular complexity index is 470. The normalized spacial score (nSPS) is 12.1. The molecule has 0 amide bonds. The summed E-state index contributed by atoms with van der Waals surface area (Å²) in [5, 5.41) is 55.2. The van der Waals surface area contributed by atoms with Crippen molar-refractivity contribution >= 4 is 67.6 Å². The molecule has 26 heavy (non-hydrogen) atoms. The molecule has 0 aromatic rings. The van der Waals surface area contributed by atoms with Crippen LogP contribution in [0.4, 0.5) is 0 Å². The molecule has 0 fully saturated rings. The molecular weight excluding hydrogens is 401 g/mol. The molecule has 0 aromatic carbocycles. The van der Waals surface area contributed by atoms with Crippen LogP contribution in [0.5, 0.6) is 0 Å². The van der Waals surface area contributed by atoms with Crippen LogP contribution in [0.2, 0.25) is 0 Å². The fourth-order valence-electron chi connectivity index (χ4n) is 1.09. The third kappa shape index (κ3) is 19.8. The van der Waals surface area contributed by atoms with Gasteiger partial charge in [0.2, 0.25) is 0 Å². The number of carbonyl (C=O) groups excluding carboxylic acids is 3. The zero-order valence-electron chi connectivity index (χ0n) is 13.8. The first-order chi connectivity index (χ1) is 10.3. The third-order valence-electron chi connectivity index (χ3n) is 2.23. The van der Waals surface area contributed by atoms with E-state index in [2.05, 4.69) is 0 Å². The van der Waals surface area contributed by atoms with Gasteiger partial charge in [-0.1, -0.05) is 0 Å². The van der Waals surface area contributed by atoms with Crippen molar-refractivity contribution in [1.82, 2.24) is 0 Å². The second-order valence-electron chi connectivity index (χ2n) is 4.30. The molecule has 0 rings (SSSR count). The molecule has 0 bridgehead atoms. The number of carboxylic acids is 5. The minimum Gasteiger partial charge on any atom is -0.550 e. The molecule has 0 radical (unpaired) electrons. The van der Waals surface area contributed by atoms with Gasteiger partial charge in [-0.3, -0.25) is 9.59 Å². The summed E-state index contributed by atoms with van der Waals surface area (Å²) >= 11 is 0. The summed E-state index contributed by atoms with van der Waals surface area (Å²) in [5.74, 6) is -8.14. The molecule has 2 atom stereocenters. The smallest absolute Gasteiger partial charge is 0.550 e. The molecule has 0 aliphatic carbocycles. The standard InChI is InChI=1S/C6H8O7.C5H9NO4.Ca.Na.H2O/c7-3(8)1-6(13,5(11)12)2-4(9)10;6-3(5(9)10)1-2-4(7)8;;;/h13H,1-2H2,(H,7,8)(H,9,10)(H,11,12);3H,1-2,6H2,(H,7,8)(H,9,10);;;1H2/q;;+2;+1;/p-3/t;3-;;;/m.0.../s1. The van der Waals surface area contributed by atoms with Crippen molar-refractivity contribution in [3.8, 4) is 0 Å². The van der Waals surface area contributed by atoms with Crippen LogP contribution >= 0.6 is 0 Å². The predicted molar refractivity (Wildman–Crippen MR) is 71.1 cm³/mol. The largest absolute Gasteiger partial charge is 2.00 e. The number of carboxylic acid groups (broad SMARTS) is 5. The van der Waals surface area contributed by atoms with Gasteiger partial charge in [-0.15, -0.1) is 0 Å². The zero-order chi connectivity index (χ0) is 18.8. The summed E-state index contributed by atoms with van der Waals surface area (Å²) in [6.45, 7) is 0. The van der Waals surface area contributed by atoms with E-state index in [1.165, 1.54) is 0 Å². The number of aliphatic carboxylic acids is 5.